The Morgan fingerprint density at radius 3 is 1.94 bits per heavy atom. The summed E-state index contributed by atoms with van der Waals surface area (Å²) in [5, 5.41) is 7.56. The van der Waals surface area contributed by atoms with E-state index in [1.165, 1.54) is 18.7 Å². The first kappa shape index (κ1) is 39.8. The quantitative estimate of drug-likeness (QED) is 0.230. The lowest BCUT2D eigenvalue weighted by molar-refractivity contribution is -0.158. The van der Waals surface area contributed by atoms with Gasteiger partial charge in [0.15, 0.2) is 6.23 Å². The van der Waals surface area contributed by atoms with Crippen LogP contribution in [0.25, 0.3) is 0 Å². The molecule has 2 rings (SSSR count). The number of alkyl carbamates (subject to hydrolysis) is 1. The number of hydrogen-bond donors (Lipinski definition) is 3. The number of benzene rings is 1. The molecule has 48 heavy (non-hydrogen) atoms. The minimum atomic E-state index is -1.30. The second kappa shape index (κ2) is 16.2. The van der Waals surface area contributed by atoms with Crippen molar-refractivity contribution in [2.24, 2.45) is 5.41 Å². The van der Waals surface area contributed by atoms with Crippen LogP contribution in [0.2, 0.25) is 0 Å². The molecule has 1 aliphatic rings. The predicted molar refractivity (Wildman–Crippen MR) is 175 cm³/mol. The second-order valence-electron chi connectivity index (χ2n) is 14.9. The van der Waals surface area contributed by atoms with Crippen molar-refractivity contribution < 1.29 is 47.7 Å². The molecule has 1 saturated heterocycles. The SMILES string of the molecule is C[C@H](NC(=O)OC(C)(C)C)C(=O)N[C@@H](CC[C@H]1C(=O)O[C@@H](C(C)(C)C)N1C(=O)OCc1ccccc1)C(=O)N[C@@H](C)C(=O)OC(C)(C)C. The van der Waals surface area contributed by atoms with Crippen molar-refractivity contribution in [3.8, 4) is 0 Å². The number of carbonyl (C=O) groups excluding carboxylic acids is 6. The molecule has 0 unspecified atom stereocenters. The van der Waals surface area contributed by atoms with E-state index in [2.05, 4.69) is 16.0 Å². The smallest absolute Gasteiger partial charge is 0.413 e. The number of rotatable bonds is 11. The molecule has 14 nitrogen and oxygen atoms in total. The van der Waals surface area contributed by atoms with Crippen LogP contribution in [0.5, 0.6) is 0 Å². The Hall–Kier alpha value is -4.36. The highest BCUT2D eigenvalue weighted by Crippen LogP contribution is 2.35. The molecule has 268 valence electrons. The lowest BCUT2D eigenvalue weighted by atomic mass is 9.93. The molecule has 0 saturated carbocycles. The summed E-state index contributed by atoms with van der Waals surface area (Å²) in [6.45, 7) is 18.3. The van der Waals surface area contributed by atoms with E-state index in [-0.39, 0.29) is 19.4 Å². The third kappa shape index (κ3) is 12.7. The fraction of sp³-hybridized carbons (Fsp3) is 0.647. The summed E-state index contributed by atoms with van der Waals surface area (Å²) in [7, 11) is 0. The molecule has 1 aliphatic heterocycles. The number of amides is 4. The van der Waals surface area contributed by atoms with E-state index >= 15 is 0 Å². The van der Waals surface area contributed by atoms with Gasteiger partial charge < -0.3 is 34.9 Å². The van der Waals surface area contributed by atoms with Gasteiger partial charge in [-0.1, -0.05) is 51.1 Å². The average Bonchev–Trinajstić information content (AvgIpc) is 3.28. The number of nitrogens with zero attached hydrogens (tertiary/aromatic N) is 1. The lowest BCUT2D eigenvalue weighted by Gasteiger charge is -2.33. The van der Waals surface area contributed by atoms with Crippen LogP contribution in [0.4, 0.5) is 9.59 Å². The van der Waals surface area contributed by atoms with Gasteiger partial charge in [0, 0.05) is 5.41 Å². The van der Waals surface area contributed by atoms with Gasteiger partial charge >= 0.3 is 24.1 Å². The van der Waals surface area contributed by atoms with E-state index < -0.39 is 83.0 Å². The van der Waals surface area contributed by atoms with E-state index in [1.807, 2.05) is 6.07 Å². The van der Waals surface area contributed by atoms with E-state index in [0.29, 0.717) is 0 Å². The van der Waals surface area contributed by atoms with E-state index in [1.54, 1.807) is 86.6 Å². The summed E-state index contributed by atoms with van der Waals surface area (Å²) in [4.78, 5) is 79.4. The lowest BCUT2D eigenvalue weighted by Crippen LogP contribution is -2.56. The number of carbonyl (C=O) groups is 6. The molecule has 1 aromatic rings. The van der Waals surface area contributed by atoms with Crippen LogP contribution in [0, 0.1) is 5.41 Å². The summed E-state index contributed by atoms with van der Waals surface area (Å²) in [5.41, 5.74) is -1.56. The van der Waals surface area contributed by atoms with Crippen LogP contribution in [-0.2, 0) is 44.7 Å². The zero-order chi connectivity index (χ0) is 36.6. The van der Waals surface area contributed by atoms with Crippen molar-refractivity contribution in [1.29, 1.82) is 0 Å². The van der Waals surface area contributed by atoms with E-state index in [9.17, 15) is 28.8 Å². The maximum absolute atomic E-state index is 13.5. The number of cyclic esters (lactones) is 1. The van der Waals surface area contributed by atoms with Gasteiger partial charge in [0.05, 0.1) is 0 Å². The fourth-order valence-corrected chi connectivity index (χ4v) is 4.59. The van der Waals surface area contributed by atoms with Crippen molar-refractivity contribution in [3.05, 3.63) is 35.9 Å². The van der Waals surface area contributed by atoms with Gasteiger partial charge in [-0.3, -0.25) is 14.5 Å². The van der Waals surface area contributed by atoms with Gasteiger partial charge in [0.1, 0.15) is 42.0 Å². The van der Waals surface area contributed by atoms with Gasteiger partial charge in [-0.05, 0) is 73.8 Å². The first-order valence-electron chi connectivity index (χ1n) is 16.0. The molecule has 1 aromatic carbocycles. The van der Waals surface area contributed by atoms with Crippen molar-refractivity contribution in [1.82, 2.24) is 20.9 Å². The highest BCUT2D eigenvalue weighted by molar-refractivity contribution is 5.93. The predicted octanol–water partition coefficient (Wildman–Crippen LogP) is 3.95. The molecule has 3 N–H and O–H groups in total. The molecule has 14 heteroatoms. The van der Waals surface area contributed by atoms with Gasteiger partial charge in [0.2, 0.25) is 11.8 Å². The first-order chi connectivity index (χ1) is 22.0. The zero-order valence-corrected chi connectivity index (χ0v) is 29.9. The number of ether oxygens (including phenoxy) is 4. The Kier molecular flexibility index (Phi) is 13.4. The monoisotopic (exact) mass is 676 g/mol. The molecule has 0 aliphatic carbocycles. The molecule has 0 spiro atoms. The summed E-state index contributed by atoms with van der Waals surface area (Å²) in [6, 6.07) is 4.38. The highest BCUT2D eigenvalue weighted by Gasteiger charge is 2.51. The van der Waals surface area contributed by atoms with Crippen molar-refractivity contribution in [3.63, 3.8) is 0 Å². The van der Waals surface area contributed by atoms with Crippen LogP contribution in [0.1, 0.15) is 94.6 Å². The molecular formula is C34H52N4O10. The molecule has 0 bridgehead atoms. The fourth-order valence-electron chi connectivity index (χ4n) is 4.59. The van der Waals surface area contributed by atoms with Gasteiger partial charge in [-0.25, -0.2) is 19.2 Å². The molecule has 0 aromatic heterocycles. The van der Waals surface area contributed by atoms with Crippen LogP contribution in [-0.4, -0.2) is 82.4 Å². The third-order valence-electron chi connectivity index (χ3n) is 6.85. The van der Waals surface area contributed by atoms with Gasteiger partial charge in [-0.15, -0.1) is 0 Å². The van der Waals surface area contributed by atoms with Crippen LogP contribution in [0.15, 0.2) is 30.3 Å². The van der Waals surface area contributed by atoms with E-state index in [0.717, 1.165) is 5.56 Å². The largest absolute Gasteiger partial charge is 0.458 e. The molecule has 1 fully saturated rings. The molecule has 0 radical (unpaired) electrons. The first-order valence-corrected chi connectivity index (χ1v) is 16.0. The normalized spacial score (nSPS) is 18.5. The van der Waals surface area contributed by atoms with Crippen LogP contribution >= 0.6 is 0 Å². The van der Waals surface area contributed by atoms with Crippen LogP contribution in [0.3, 0.4) is 0 Å². The highest BCUT2D eigenvalue weighted by atomic mass is 16.6. The average molecular weight is 677 g/mol. The second-order valence-corrected chi connectivity index (χ2v) is 14.9. The van der Waals surface area contributed by atoms with E-state index in [4.69, 9.17) is 18.9 Å². The number of esters is 2. The van der Waals surface area contributed by atoms with Gasteiger partial charge in [-0.2, -0.15) is 0 Å². The minimum absolute atomic E-state index is 0.0415. The molecule has 5 atom stereocenters. The van der Waals surface area contributed by atoms with Gasteiger partial charge in [0.25, 0.3) is 0 Å². The van der Waals surface area contributed by atoms with Crippen molar-refractivity contribution >= 4 is 35.9 Å². The number of hydrogen-bond acceptors (Lipinski definition) is 10. The molecule has 1 heterocycles. The Labute approximate surface area is 282 Å². The minimum Gasteiger partial charge on any atom is -0.458 e. The molecule has 4 amide bonds. The Morgan fingerprint density at radius 1 is 0.812 bits per heavy atom. The maximum atomic E-state index is 13.5. The number of nitrogens with one attached hydrogen (secondary N) is 3. The summed E-state index contributed by atoms with van der Waals surface area (Å²) >= 11 is 0. The zero-order valence-electron chi connectivity index (χ0n) is 29.9. The topological polar surface area (TPSA) is 179 Å². The summed E-state index contributed by atoms with van der Waals surface area (Å²) in [5.74, 6) is -2.87. The Bertz CT molecular complexity index is 1310. The van der Waals surface area contributed by atoms with Crippen molar-refractivity contribution in [2.45, 2.75) is 137 Å². The summed E-state index contributed by atoms with van der Waals surface area (Å²) in [6.07, 6.45) is -2.86. The van der Waals surface area contributed by atoms with Crippen LogP contribution < -0.4 is 16.0 Å². The third-order valence-corrected chi connectivity index (χ3v) is 6.85. The maximum Gasteiger partial charge on any atom is 0.413 e. The molecular weight excluding hydrogens is 624 g/mol. The Balaban J connectivity index is 2.29. The summed E-state index contributed by atoms with van der Waals surface area (Å²) < 4.78 is 21.8. The van der Waals surface area contributed by atoms with Crippen molar-refractivity contribution in [2.75, 3.05) is 0 Å². The Morgan fingerprint density at radius 2 is 1.40 bits per heavy atom. The standard InChI is InChI=1S/C34H52N4O10/c1-20(36-30(43)48-34(9,10)11)25(39)37-23(26(40)35-21(2)27(41)47-33(6,7)8)17-18-24-28(42)46-29(32(3,4)5)38(24)31(44)45-19-22-15-13-12-14-16-22/h12-16,20-21,23-24,29H,17-19H2,1-11H3,(H,35,40)(H,36,43)(H,37,39)/t20-,21-,23-,24-,29-/m0/s1.